The van der Waals surface area contributed by atoms with Gasteiger partial charge < -0.3 is 5.32 Å². The van der Waals surface area contributed by atoms with Crippen LogP contribution in [0.2, 0.25) is 0 Å². The van der Waals surface area contributed by atoms with E-state index in [1.54, 1.807) is 10.6 Å². The van der Waals surface area contributed by atoms with E-state index in [1.807, 2.05) is 43.1 Å². The van der Waals surface area contributed by atoms with E-state index in [-0.39, 0.29) is 11.4 Å². The number of halogens is 1. The smallest absolute Gasteiger partial charge is 0.156 e. The van der Waals surface area contributed by atoms with E-state index in [9.17, 15) is 0 Å². The molecule has 6 rings (SSSR count). The van der Waals surface area contributed by atoms with Gasteiger partial charge >= 0.3 is 0 Å². The Morgan fingerprint density at radius 3 is 2.80 bits per heavy atom. The number of benzene rings is 1. The number of piperidine rings is 1. The molecule has 1 saturated carbocycles. The number of aromatic nitrogens is 5. The van der Waals surface area contributed by atoms with E-state index in [0.29, 0.717) is 11.6 Å². The first-order chi connectivity index (χ1) is 14.5. The molecule has 4 aromatic rings. The molecule has 6 nitrogen and oxygen atoms in total. The number of fused-ring (bicyclic) bond motifs is 2. The molecule has 0 radical (unpaired) electrons. The standard InChI is InChI=1S/C23H25FN6/c1-14-8-20(27-30-12-15(2)26-22(14)30)16-9-17-13-29(28-21(17)19(24)10-16)18-4-7-25-23(11-18)5-3-6-23/h8-10,12-13,18,25H,3-7,11H2,1-2H3/t18-/m1/s1. The molecule has 0 bridgehead atoms. The Labute approximate surface area is 174 Å². The van der Waals surface area contributed by atoms with Crippen molar-refractivity contribution in [2.45, 2.75) is 57.5 Å². The molecule has 2 fully saturated rings. The SMILES string of the molecule is Cc1cn2nc(-c3cc(F)c4nn([C@@H]5CCNC6(CCC6)C5)cc4c3)cc(C)c2n1. The molecule has 1 saturated heterocycles. The predicted molar refractivity (Wildman–Crippen MR) is 114 cm³/mol. The average Bonchev–Trinajstić information content (AvgIpc) is 3.30. The number of imidazole rings is 1. The van der Waals surface area contributed by atoms with E-state index in [0.717, 1.165) is 52.9 Å². The van der Waals surface area contributed by atoms with Gasteiger partial charge in [-0.2, -0.15) is 10.2 Å². The van der Waals surface area contributed by atoms with Crippen LogP contribution in [0.15, 0.2) is 30.6 Å². The fourth-order valence-electron chi connectivity index (χ4n) is 5.17. The number of nitrogens with one attached hydrogen (secondary N) is 1. The maximum Gasteiger partial charge on any atom is 0.156 e. The summed E-state index contributed by atoms with van der Waals surface area (Å²) in [5, 5.41) is 13.8. The van der Waals surface area contributed by atoms with Crippen molar-refractivity contribution in [3.05, 3.63) is 47.7 Å². The van der Waals surface area contributed by atoms with Gasteiger partial charge in [0.15, 0.2) is 11.5 Å². The van der Waals surface area contributed by atoms with Gasteiger partial charge in [0.25, 0.3) is 0 Å². The minimum atomic E-state index is -0.296. The molecular formula is C23H25FN6. The first-order valence-corrected chi connectivity index (χ1v) is 10.8. The van der Waals surface area contributed by atoms with Gasteiger partial charge in [0.1, 0.15) is 5.52 Å². The average molecular weight is 404 g/mol. The summed E-state index contributed by atoms with van der Waals surface area (Å²) in [6.07, 6.45) is 9.79. The summed E-state index contributed by atoms with van der Waals surface area (Å²) >= 11 is 0. The maximum atomic E-state index is 15.0. The highest BCUT2D eigenvalue weighted by molar-refractivity contribution is 5.84. The molecule has 0 amide bonds. The largest absolute Gasteiger partial charge is 0.311 e. The molecule has 1 aliphatic carbocycles. The van der Waals surface area contributed by atoms with Crippen molar-refractivity contribution in [1.29, 1.82) is 0 Å². The first-order valence-electron chi connectivity index (χ1n) is 10.8. The second-order valence-corrected chi connectivity index (χ2v) is 9.08. The van der Waals surface area contributed by atoms with Crippen LogP contribution in [0.5, 0.6) is 0 Å². The van der Waals surface area contributed by atoms with E-state index in [1.165, 1.54) is 19.3 Å². The summed E-state index contributed by atoms with van der Waals surface area (Å²) in [5.41, 5.74) is 4.99. The van der Waals surface area contributed by atoms with Crippen molar-refractivity contribution in [2.75, 3.05) is 6.54 Å². The summed E-state index contributed by atoms with van der Waals surface area (Å²) in [5.74, 6) is -0.296. The molecule has 154 valence electrons. The van der Waals surface area contributed by atoms with Crippen LogP contribution in [-0.4, -0.2) is 36.5 Å². The molecule has 1 aliphatic heterocycles. The van der Waals surface area contributed by atoms with Crippen molar-refractivity contribution < 1.29 is 4.39 Å². The third-order valence-corrected chi connectivity index (χ3v) is 6.89. The zero-order valence-corrected chi connectivity index (χ0v) is 17.3. The molecule has 2 aliphatic rings. The summed E-state index contributed by atoms with van der Waals surface area (Å²) < 4.78 is 18.8. The molecule has 4 heterocycles. The number of hydrogen-bond acceptors (Lipinski definition) is 4. The molecule has 1 aromatic carbocycles. The molecule has 30 heavy (non-hydrogen) atoms. The molecular weight excluding hydrogens is 379 g/mol. The van der Waals surface area contributed by atoms with Crippen LogP contribution >= 0.6 is 0 Å². The highest BCUT2D eigenvalue weighted by atomic mass is 19.1. The van der Waals surface area contributed by atoms with Gasteiger partial charge in [-0.15, -0.1) is 0 Å². The number of hydrogen-bond donors (Lipinski definition) is 1. The molecule has 7 heteroatoms. The van der Waals surface area contributed by atoms with Crippen molar-refractivity contribution in [3.63, 3.8) is 0 Å². The monoisotopic (exact) mass is 404 g/mol. The third-order valence-electron chi connectivity index (χ3n) is 6.89. The minimum Gasteiger partial charge on any atom is -0.311 e. The second kappa shape index (κ2) is 6.35. The Kier molecular flexibility index (Phi) is 3.81. The molecule has 1 N–H and O–H groups in total. The van der Waals surface area contributed by atoms with Crippen LogP contribution in [0.3, 0.4) is 0 Å². The summed E-state index contributed by atoms with van der Waals surface area (Å²) in [6.45, 7) is 4.96. The normalized spacial score (nSPS) is 20.8. The first kappa shape index (κ1) is 18.0. The lowest BCUT2D eigenvalue weighted by atomic mass is 9.70. The van der Waals surface area contributed by atoms with Gasteiger partial charge in [-0.3, -0.25) is 4.68 Å². The van der Waals surface area contributed by atoms with Gasteiger partial charge in [0, 0.05) is 22.7 Å². The fourth-order valence-corrected chi connectivity index (χ4v) is 5.17. The maximum absolute atomic E-state index is 15.0. The highest BCUT2D eigenvalue weighted by Crippen LogP contribution is 2.42. The van der Waals surface area contributed by atoms with Crippen LogP contribution < -0.4 is 5.32 Å². The van der Waals surface area contributed by atoms with Gasteiger partial charge in [-0.05, 0) is 76.3 Å². The molecule has 3 aromatic heterocycles. The lowest BCUT2D eigenvalue weighted by Gasteiger charge is -2.48. The van der Waals surface area contributed by atoms with Crippen LogP contribution in [0, 0.1) is 19.7 Å². The molecule has 1 spiro atoms. The Morgan fingerprint density at radius 1 is 1.13 bits per heavy atom. The quantitative estimate of drug-likeness (QED) is 0.540. The van der Waals surface area contributed by atoms with Crippen LogP contribution in [-0.2, 0) is 0 Å². The zero-order chi connectivity index (χ0) is 20.5. The zero-order valence-electron chi connectivity index (χ0n) is 17.3. The van der Waals surface area contributed by atoms with Crippen LogP contribution in [0.1, 0.15) is 49.4 Å². The highest BCUT2D eigenvalue weighted by Gasteiger charge is 2.41. The number of nitrogens with zero attached hydrogens (tertiary/aromatic N) is 5. The van der Waals surface area contributed by atoms with Gasteiger partial charge in [0.2, 0.25) is 0 Å². The third kappa shape index (κ3) is 2.75. The van der Waals surface area contributed by atoms with Crippen molar-refractivity contribution in [2.24, 2.45) is 0 Å². The Balaban J connectivity index is 1.40. The molecule has 1 atom stereocenters. The number of aryl methyl sites for hydroxylation is 2. The van der Waals surface area contributed by atoms with E-state index in [2.05, 4.69) is 20.5 Å². The van der Waals surface area contributed by atoms with E-state index >= 15 is 4.39 Å². The van der Waals surface area contributed by atoms with E-state index in [4.69, 9.17) is 0 Å². The minimum absolute atomic E-state index is 0.282. The summed E-state index contributed by atoms with van der Waals surface area (Å²) in [6, 6.07) is 5.85. The Morgan fingerprint density at radius 2 is 2.00 bits per heavy atom. The molecule has 0 unspecified atom stereocenters. The van der Waals surface area contributed by atoms with Crippen molar-refractivity contribution in [3.8, 4) is 11.3 Å². The van der Waals surface area contributed by atoms with Crippen molar-refractivity contribution >= 4 is 16.6 Å². The topological polar surface area (TPSA) is 60.0 Å². The van der Waals surface area contributed by atoms with E-state index < -0.39 is 0 Å². The lowest BCUT2D eigenvalue weighted by Crippen LogP contribution is -2.55. The van der Waals surface area contributed by atoms with Gasteiger partial charge in [-0.25, -0.2) is 13.9 Å². The predicted octanol–water partition coefficient (Wildman–Crippen LogP) is 4.35. The second-order valence-electron chi connectivity index (χ2n) is 9.08. The van der Waals surface area contributed by atoms with Gasteiger partial charge in [0.05, 0.1) is 23.6 Å². The summed E-state index contributed by atoms with van der Waals surface area (Å²) in [4.78, 5) is 4.50. The van der Waals surface area contributed by atoms with Gasteiger partial charge in [-0.1, -0.05) is 0 Å². The Hall–Kier alpha value is -2.80. The number of rotatable bonds is 2. The Bertz CT molecular complexity index is 1280. The lowest BCUT2D eigenvalue weighted by molar-refractivity contribution is 0.105. The summed E-state index contributed by atoms with van der Waals surface area (Å²) in [7, 11) is 0. The van der Waals surface area contributed by atoms with Crippen LogP contribution in [0.25, 0.3) is 27.8 Å². The van der Waals surface area contributed by atoms with Crippen molar-refractivity contribution in [1.82, 2.24) is 29.7 Å². The fraction of sp³-hybridized carbons (Fsp3) is 0.435. The van der Waals surface area contributed by atoms with Crippen LogP contribution in [0.4, 0.5) is 4.39 Å².